The highest BCUT2D eigenvalue weighted by molar-refractivity contribution is 7.11. The SMILES string of the molecule is Cc1nc(C)c(C(O)CC2CCCCC2)s1. The summed E-state index contributed by atoms with van der Waals surface area (Å²) in [6, 6.07) is 0. The largest absolute Gasteiger partial charge is 0.387 e. The van der Waals surface area contributed by atoms with Crippen molar-refractivity contribution in [2.45, 2.75) is 58.5 Å². The maximum absolute atomic E-state index is 10.2. The predicted molar refractivity (Wildman–Crippen MR) is 67.7 cm³/mol. The first-order valence-corrected chi connectivity index (χ1v) is 7.10. The van der Waals surface area contributed by atoms with E-state index in [9.17, 15) is 5.11 Å². The normalized spacial score (nSPS) is 19.9. The van der Waals surface area contributed by atoms with Crippen molar-refractivity contribution in [3.63, 3.8) is 0 Å². The molecular weight excluding hydrogens is 218 g/mol. The molecule has 0 bridgehead atoms. The van der Waals surface area contributed by atoms with Crippen molar-refractivity contribution in [1.82, 2.24) is 4.98 Å². The lowest BCUT2D eigenvalue weighted by Gasteiger charge is -2.23. The van der Waals surface area contributed by atoms with Gasteiger partial charge in [0.2, 0.25) is 0 Å². The summed E-state index contributed by atoms with van der Waals surface area (Å²) >= 11 is 1.65. The Morgan fingerprint density at radius 1 is 1.31 bits per heavy atom. The predicted octanol–water partition coefficient (Wildman–Crippen LogP) is 3.76. The summed E-state index contributed by atoms with van der Waals surface area (Å²) in [6.45, 7) is 4.01. The first-order valence-electron chi connectivity index (χ1n) is 6.29. The molecule has 0 saturated heterocycles. The van der Waals surface area contributed by atoms with Crippen LogP contribution in [0, 0.1) is 19.8 Å². The standard InChI is InChI=1S/C13H21NOS/c1-9-13(16-10(2)14-9)12(15)8-11-6-4-3-5-7-11/h11-12,15H,3-8H2,1-2H3. The van der Waals surface area contributed by atoms with Gasteiger partial charge in [0, 0.05) is 0 Å². The zero-order valence-corrected chi connectivity index (χ0v) is 11.0. The molecule has 0 aliphatic heterocycles. The highest BCUT2D eigenvalue weighted by Gasteiger charge is 2.21. The van der Waals surface area contributed by atoms with Crippen LogP contribution in [-0.4, -0.2) is 10.1 Å². The van der Waals surface area contributed by atoms with Crippen molar-refractivity contribution in [1.29, 1.82) is 0 Å². The van der Waals surface area contributed by atoms with E-state index in [0.717, 1.165) is 27.9 Å². The number of aliphatic hydroxyl groups is 1. The van der Waals surface area contributed by atoms with Crippen LogP contribution < -0.4 is 0 Å². The third-order valence-corrected chi connectivity index (χ3v) is 4.70. The second kappa shape index (κ2) is 5.28. The fourth-order valence-electron chi connectivity index (χ4n) is 2.70. The van der Waals surface area contributed by atoms with Gasteiger partial charge in [-0.1, -0.05) is 32.1 Å². The molecule has 0 aromatic carbocycles. The average molecular weight is 239 g/mol. The Bertz CT molecular complexity index is 342. The van der Waals surface area contributed by atoms with Crippen molar-refractivity contribution in [3.05, 3.63) is 15.6 Å². The molecule has 1 N–H and O–H groups in total. The van der Waals surface area contributed by atoms with E-state index in [1.807, 2.05) is 13.8 Å². The Balaban J connectivity index is 1.96. The Labute approximate surface area is 102 Å². The first-order chi connectivity index (χ1) is 7.66. The minimum Gasteiger partial charge on any atom is -0.387 e. The summed E-state index contributed by atoms with van der Waals surface area (Å²) in [5.74, 6) is 0.727. The third-order valence-electron chi connectivity index (χ3n) is 3.52. The summed E-state index contributed by atoms with van der Waals surface area (Å²) in [7, 11) is 0. The maximum Gasteiger partial charge on any atom is 0.0903 e. The quantitative estimate of drug-likeness (QED) is 0.871. The van der Waals surface area contributed by atoms with Gasteiger partial charge in [0.05, 0.1) is 21.7 Å². The van der Waals surface area contributed by atoms with Crippen LogP contribution in [0.1, 0.15) is 60.2 Å². The van der Waals surface area contributed by atoms with Gasteiger partial charge in [-0.3, -0.25) is 0 Å². The van der Waals surface area contributed by atoms with Crippen LogP contribution in [0.15, 0.2) is 0 Å². The van der Waals surface area contributed by atoms with Crippen LogP contribution in [0.25, 0.3) is 0 Å². The molecule has 0 spiro atoms. The number of hydrogen-bond acceptors (Lipinski definition) is 3. The van der Waals surface area contributed by atoms with Crippen LogP contribution in [0.2, 0.25) is 0 Å². The van der Waals surface area contributed by atoms with E-state index in [4.69, 9.17) is 0 Å². The molecule has 2 rings (SSSR count). The van der Waals surface area contributed by atoms with Crippen LogP contribution in [-0.2, 0) is 0 Å². The van der Waals surface area contributed by atoms with Crippen molar-refractivity contribution in [3.8, 4) is 0 Å². The molecule has 1 fully saturated rings. The fraction of sp³-hybridized carbons (Fsp3) is 0.769. The summed E-state index contributed by atoms with van der Waals surface area (Å²) < 4.78 is 0. The van der Waals surface area contributed by atoms with Crippen LogP contribution >= 0.6 is 11.3 Å². The molecule has 3 heteroatoms. The van der Waals surface area contributed by atoms with Gasteiger partial charge in [-0.25, -0.2) is 4.98 Å². The van der Waals surface area contributed by atoms with E-state index in [0.29, 0.717) is 0 Å². The second-order valence-electron chi connectivity index (χ2n) is 4.94. The van der Waals surface area contributed by atoms with Crippen molar-refractivity contribution in [2.24, 2.45) is 5.92 Å². The molecule has 1 aliphatic rings. The average Bonchev–Trinajstić information content (AvgIpc) is 2.59. The third kappa shape index (κ3) is 2.83. The van der Waals surface area contributed by atoms with Gasteiger partial charge < -0.3 is 5.11 Å². The van der Waals surface area contributed by atoms with Crippen molar-refractivity contribution < 1.29 is 5.11 Å². The van der Waals surface area contributed by atoms with Gasteiger partial charge >= 0.3 is 0 Å². The molecule has 1 aromatic heterocycles. The van der Waals surface area contributed by atoms with Gasteiger partial charge in [0.1, 0.15) is 0 Å². The number of hydrogen-bond donors (Lipinski definition) is 1. The van der Waals surface area contributed by atoms with E-state index in [1.54, 1.807) is 11.3 Å². The Hall–Kier alpha value is -0.410. The van der Waals surface area contributed by atoms with E-state index >= 15 is 0 Å². The fourth-order valence-corrected chi connectivity index (χ4v) is 3.63. The van der Waals surface area contributed by atoms with E-state index in [-0.39, 0.29) is 6.10 Å². The minimum absolute atomic E-state index is 0.283. The molecule has 1 unspecified atom stereocenters. The first kappa shape index (κ1) is 12.1. The summed E-state index contributed by atoms with van der Waals surface area (Å²) in [5, 5.41) is 11.3. The van der Waals surface area contributed by atoms with Gasteiger partial charge in [-0.2, -0.15) is 0 Å². The number of rotatable bonds is 3. The maximum atomic E-state index is 10.2. The van der Waals surface area contributed by atoms with Crippen LogP contribution in [0.4, 0.5) is 0 Å². The monoisotopic (exact) mass is 239 g/mol. The lowest BCUT2D eigenvalue weighted by molar-refractivity contribution is 0.134. The highest BCUT2D eigenvalue weighted by atomic mass is 32.1. The van der Waals surface area contributed by atoms with Gasteiger partial charge in [0.25, 0.3) is 0 Å². The molecule has 1 saturated carbocycles. The second-order valence-corrected chi connectivity index (χ2v) is 6.17. The lowest BCUT2D eigenvalue weighted by Crippen LogP contribution is -2.11. The zero-order chi connectivity index (χ0) is 11.5. The number of aromatic nitrogens is 1. The number of thiazole rings is 1. The van der Waals surface area contributed by atoms with Gasteiger partial charge in [0.15, 0.2) is 0 Å². The van der Waals surface area contributed by atoms with Gasteiger partial charge in [-0.15, -0.1) is 11.3 Å². The van der Waals surface area contributed by atoms with Crippen LogP contribution in [0.5, 0.6) is 0 Å². The number of aryl methyl sites for hydroxylation is 2. The molecule has 0 radical (unpaired) electrons. The molecule has 1 atom stereocenters. The summed E-state index contributed by atoms with van der Waals surface area (Å²) in [4.78, 5) is 5.47. The van der Waals surface area contributed by atoms with Gasteiger partial charge in [-0.05, 0) is 26.2 Å². The molecule has 1 aliphatic carbocycles. The topological polar surface area (TPSA) is 33.1 Å². The Kier molecular flexibility index (Phi) is 3.98. The molecular formula is C13H21NOS. The van der Waals surface area contributed by atoms with Crippen LogP contribution in [0.3, 0.4) is 0 Å². The minimum atomic E-state index is -0.283. The zero-order valence-electron chi connectivity index (χ0n) is 10.2. The molecule has 2 nitrogen and oxygen atoms in total. The molecule has 1 aromatic rings. The van der Waals surface area contributed by atoms with Crippen molar-refractivity contribution in [2.75, 3.05) is 0 Å². The molecule has 16 heavy (non-hydrogen) atoms. The lowest BCUT2D eigenvalue weighted by atomic mass is 9.85. The smallest absolute Gasteiger partial charge is 0.0903 e. The number of nitrogens with zero attached hydrogens (tertiary/aromatic N) is 1. The molecule has 0 amide bonds. The molecule has 90 valence electrons. The summed E-state index contributed by atoms with van der Waals surface area (Å²) in [6.07, 6.45) is 7.32. The van der Waals surface area contributed by atoms with Crippen molar-refractivity contribution >= 4 is 11.3 Å². The Morgan fingerprint density at radius 3 is 2.56 bits per heavy atom. The molecule has 1 heterocycles. The highest BCUT2D eigenvalue weighted by Crippen LogP contribution is 2.34. The van der Waals surface area contributed by atoms with E-state index < -0.39 is 0 Å². The summed E-state index contributed by atoms with van der Waals surface area (Å²) in [5.41, 5.74) is 1.02. The number of aliphatic hydroxyl groups excluding tert-OH is 1. The van der Waals surface area contributed by atoms with E-state index in [1.165, 1.54) is 32.1 Å². The Morgan fingerprint density at radius 2 is 2.00 bits per heavy atom. The van der Waals surface area contributed by atoms with E-state index in [2.05, 4.69) is 4.98 Å².